The van der Waals surface area contributed by atoms with E-state index in [0.29, 0.717) is 16.7 Å². The highest BCUT2D eigenvalue weighted by atomic mass is 16.5. The molecule has 0 atom stereocenters. The smallest absolute Gasteiger partial charge is 0.195 e. The number of hydrogen-bond donors (Lipinski definition) is 2. The Bertz CT molecular complexity index is 1090. The molecule has 0 aliphatic heterocycles. The number of methoxy groups -OCH3 is 1. The minimum atomic E-state index is -0.407. The molecule has 2 aromatic carbocycles. The first kappa shape index (κ1) is 24.1. The molecule has 7 heteroatoms. The lowest BCUT2D eigenvalue weighted by atomic mass is 10.1. The molecule has 0 heterocycles. The minimum Gasteiger partial charge on any atom is -0.504 e. The normalized spacial score (nSPS) is 10.9. The van der Waals surface area contributed by atoms with Gasteiger partial charge in [0, 0.05) is 0 Å². The maximum absolute atomic E-state index is 12.1. The predicted octanol–water partition coefficient (Wildman–Crippen LogP) is 3.89. The van der Waals surface area contributed by atoms with Crippen molar-refractivity contribution in [2.24, 2.45) is 0 Å². The number of phenolic OH excluding ortho intramolecular Hbond substituents is 2. The molecule has 166 valence electrons. The Hall–Kier alpha value is -4.13. The molecule has 0 aliphatic carbocycles. The first-order valence-electron chi connectivity index (χ1n) is 9.63. The number of allylic oxidation sites excluding steroid dienone is 2. The molecule has 0 bridgehead atoms. The van der Waals surface area contributed by atoms with Gasteiger partial charge >= 0.3 is 0 Å². The number of aromatic hydroxyl groups is 2. The Labute approximate surface area is 185 Å². The molecular weight excluding hydrogens is 412 g/mol. The molecule has 7 nitrogen and oxygen atoms in total. The molecule has 0 spiro atoms. The zero-order valence-corrected chi connectivity index (χ0v) is 17.8. The van der Waals surface area contributed by atoms with E-state index in [9.17, 15) is 24.6 Å². The van der Waals surface area contributed by atoms with Gasteiger partial charge in [-0.15, -0.1) is 0 Å². The molecule has 2 rings (SSSR count). The summed E-state index contributed by atoms with van der Waals surface area (Å²) in [6, 6.07) is 9.04. The van der Waals surface area contributed by atoms with Crippen LogP contribution in [0.1, 0.15) is 24.5 Å². The monoisotopic (exact) mass is 436 g/mol. The van der Waals surface area contributed by atoms with Crippen molar-refractivity contribution in [1.29, 1.82) is 0 Å². The van der Waals surface area contributed by atoms with Gasteiger partial charge in [0.05, 0.1) is 13.5 Å². The van der Waals surface area contributed by atoms with E-state index in [4.69, 9.17) is 9.47 Å². The maximum atomic E-state index is 12.1. The van der Waals surface area contributed by atoms with Gasteiger partial charge in [-0.2, -0.15) is 0 Å². The van der Waals surface area contributed by atoms with Crippen molar-refractivity contribution in [3.8, 4) is 23.0 Å². The fraction of sp³-hybridized carbons (Fsp3) is 0.160. The fourth-order valence-electron chi connectivity index (χ4n) is 2.48. The van der Waals surface area contributed by atoms with E-state index < -0.39 is 5.78 Å². The van der Waals surface area contributed by atoms with E-state index in [2.05, 4.69) is 6.58 Å². The predicted molar refractivity (Wildman–Crippen MR) is 121 cm³/mol. The first-order valence-corrected chi connectivity index (χ1v) is 9.63. The number of rotatable bonds is 11. The summed E-state index contributed by atoms with van der Waals surface area (Å²) in [6.45, 7) is 4.84. The molecule has 2 N–H and O–H groups in total. The summed E-state index contributed by atoms with van der Waals surface area (Å²) in [5.74, 6) is -0.874. The van der Waals surface area contributed by atoms with E-state index in [1.54, 1.807) is 25.1 Å². The summed E-state index contributed by atoms with van der Waals surface area (Å²) < 4.78 is 10.3. The lowest BCUT2D eigenvalue weighted by molar-refractivity contribution is -0.122. The van der Waals surface area contributed by atoms with Crippen molar-refractivity contribution in [1.82, 2.24) is 0 Å². The highest BCUT2D eigenvalue weighted by molar-refractivity contribution is 6.10. The van der Waals surface area contributed by atoms with Crippen LogP contribution in [0.2, 0.25) is 0 Å². The number of benzene rings is 2. The number of Topliss-reactive ketones (excluding diaryl/α,β-unsaturated/α-hetero) is 1. The molecule has 0 saturated heterocycles. The van der Waals surface area contributed by atoms with Crippen LogP contribution in [0.25, 0.3) is 12.2 Å². The lowest BCUT2D eigenvalue weighted by Crippen LogP contribution is -2.11. The van der Waals surface area contributed by atoms with E-state index in [1.165, 1.54) is 49.6 Å². The summed E-state index contributed by atoms with van der Waals surface area (Å²) in [5.41, 5.74) is 1.53. The molecule has 0 amide bonds. The Balaban J connectivity index is 1.96. The van der Waals surface area contributed by atoms with Gasteiger partial charge in [0.1, 0.15) is 0 Å². The van der Waals surface area contributed by atoms with Crippen molar-refractivity contribution in [2.45, 2.75) is 13.3 Å². The largest absolute Gasteiger partial charge is 0.504 e. The second-order valence-corrected chi connectivity index (χ2v) is 6.93. The molecule has 32 heavy (non-hydrogen) atoms. The number of ketones is 3. The third-order valence-electron chi connectivity index (χ3n) is 4.29. The Morgan fingerprint density at radius 2 is 1.41 bits per heavy atom. The summed E-state index contributed by atoms with van der Waals surface area (Å²) in [7, 11) is 1.42. The fourth-order valence-corrected chi connectivity index (χ4v) is 2.48. The second-order valence-electron chi connectivity index (χ2n) is 6.93. The number of ether oxygens (including phenoxy) is 2. The molecule has 2 aromatic rings. The van der Waals surface area contributed by atoms with Crippen LogP contribution < -0.4 is 9.47 Å². The van der Waals surface area contributed by atoms with Crippen LogP contribution in [0, 0.1) is 0 Å². The lowest BCUT2D eigenvalue weighted by Gasteiger charge is -2.08. The molecule has 0 unspecified atom stereocenters. The van der Waals surface area contributed by atoms with Crippen molar-refractivity contribution in [2.75, 3.05) is 13.7 Å². The number of carbonyl (C=O) groups is 3. The van der Waals surface area contributed by atoms with Gasteiger partial charge in [0.15, 0.2) is 47.0 Å². The van der Waals surface area contributed by atoms with Crippen LogP contribution >= 0.6 is 0 Å². The first-order chi connectivity index (χ1) is 15.2. The summed E-state index contributed by atoms with van der Waals surface area (Å²) in [6.07, 6.45) is 5.22. The van der Waals surface area contributed by atoms with Crippen molar-refractivity contribution in [3.05, 3.63) is 71.8 Å². The maximum Gasteiger partial charge on any atom is 0.195 e. The van der Waals surface area contributed by atoms with E-state index in [-0.39, 0.29) is 47.6 Å². The van der Waals surface area contributed by atoms with Gasteiger partial charge in [0.2, 0.25) is 0 Å². The van der Waals surface area contributed by atoms with Gasteiger partial charge in [-0.1, -0.05) is 30.9 Å². The molecule has 0 fully saturated rings. The van der Waals surface area contributed by atoms with Gasteiger partial charge in [-0.05, 0) is 60.0 Å². The third-order valence-corrected chi connectivity index (χ3v) is 4.29. The second kappa shape index (κ2) is 11.3. The zero-order valence-electron chi connectivity index (χ0n) is 17.8. The Morgan fingerprint density at radius 1 is 0.906 bits per heavy atom. The molecule has 0 aliphatic rings. The highest BCUT2D eigenvalue weighted by Crippen LogP contribution is 2.28. The quantitative estimate of drug-likeness (QED) is 0.406. The molecule has 0 saturated carbocycles. The van der Waals surface area contributed by atoms with Crippen LogP contribution in [0.5, 0.6) is 23.0 Å². The van der Waals surface area contributed by atoms with Gasteiger partial charge in [0.25, 0.3) is 0 Å². The zero-order chi connectivity index (χ0) is 23.7. The van der Waals surface area contributed by atoms with E-state index in [0.717, 1.165) is 0 Å². The number of hydrogen-bond acceptors (Lipinski definition) is 7. The molecule has 0 aromatic heterocycles. The van der Waals surface area contributed by atoms with Gasteiger partial charge in [-0.25, -0.2) is 0 Å². The number of phenols is 2. The summed E-state index contributed by atoms with van der Waals surface area (Å²) >= 11 is 0. The van der Waals surface area contributed by atoms with Crippen molar-refractivity contribution >= 4 is 29.5 Å². The van der Waals surface area contributed by atoms with Crippen LogP contribution in [0.4, 0.5) is 0 Å². The molecular formula is C25H24O7. The van der Waals surface area contributed by atoms with Crippen LogP contribution in [0.15, 0.2) is 60.7 Å². The highest BCUT2D eigenvalue weighted by Gasteiger charge is 2.09. The topological polar surface area (TPSA) is 110 Å². The summed E-state index contributed by atoms with van der Waals surface area (Å²) in [4.78, 5) is 35.7. The Morgan fingerprint density at radius 3 is 1.91 bits per heavy atom. The van der Waals surface area contributed by atoms with Gasteiger partial charge < -0.3 is 19.7 Å². The van der Waals surface area contributed by atoms with E-state index in [1.807, 2.05) is 0 Å². The Kier molecular flexibility index (Phi) is 8.53. The van der Waals surface area contributed by atoms with Crippen LogP contribution in [-0.4, -0.2) is 41.3 Å². The SMILES string of the molecule is C=C(C)C(=O)COc1cc(C=CC(=O)CC(=O)C=Cc2ccc(O)c(OC)c2)ccc1O. The van der Waals surface area contributed by atoms with Crippen molar-refractivity contribution in [3.63, 3.8) is 0 Å². The standard InChI is InChI=1S/C25H24O7/c1-16(2)23(30)15-32-25-13-18(7-11-22(25)29)5-9-20(27)14-19(26)8-4-17-6-10-21(28)24(12-17)31-3/h4-13,28-29H,1,14-15H2,2-3H3. The number of carbonyl (C=O) groups excluding carboxylic acids is 3. The average Bonchev–Trinajstić information content (AvgIpc) is 2.76. The molecule has 0 radical (unpaired) electrons. The van der Waals surface area contributed by atoms with Gasteiger partial charge in [-0.3, -0.25) is 14.4 Å². The van der Waals surface area contributed by atoms with Crippen molar-refractivity contribution < 1.29 is 34.1 Å². The minimum absolute atomic E-state index is 0.0125. The van der Waals surface area contributed by atoms with Crippen LogP contribution in [-0.2, 0) is 14.4 Å². The summed E-state index contributed by atoms with van der Waals surface area (Å²) in [5, 5.41) is 19.4. The van der Waals surface area contributed by atoms with E-state index >= 15 is 0 Å². The average molecular weight is 436 g/mol. The van der Waals surface area contributed by atoms with Crippen LogP contribution in [0.3, 0.4) is 0 Å². The third kappa shape index (κ3) is 7.28.